The molecule has 0 aliphatic carbocycles. The van der Waals surface area contributed by atoms with Crippen LogP contribution in [0.15, 0.2) is 12.4 Å². The van der Waals surface area contributed by atoms with Gasteiger partial charge < -0.3 is 10.2 Å². The SMILES string of the molecule is CNCCN(C)C(=O)Cc1cnn(C)c1. The minimum Gasteiger partial charge on any atom is -0.344 e. The average Bonchev–Trinajstić information content (AvgIpc) is 2.60. The molecule has 0 aliphatic rings. The Bertz CT molecular complexity index is 321. The maximum Gasteiger partial charge on any atom is 0.226 e. The van der Waals surface area contributed by atoms with Crippen LogP contribution < -0.4 is 5.32 Å². The molecule has 5 nitrogen and oxygen atoms in total. The Morgan fingerprint density at radius 1 is 1.67 bits per heavy atom. The van der Waals surface area contributed by atoms with Gasteiger partial charge in [-0.2, -0.15) is 5.10 Å². The van der Waals surface area contributed by atoms with Gasteiger partial charge in [-0.1, -0.05) is 0 Å². The van der Waals surface area contributed by atoms with Gasteiger partial charge in [-0.3, -0.25) is 9.48 Å². The van der Waals surface area contributed by atoms with Gasteiger partial charge >= 0.3 is 0 Å². The third kappa shape index (κ3) is 3.71. The molecule has 84 valence electrons. The van der Waals surface area contributed by atoms with Gasteiger partial charge in [-0.05, 0) is 12.6 Å². The van der Waals surface area contributed by atoms with E-state index in [1.165, 1.54) is 0 Å². The van der Waals surface area contributed by atoms with Crippen LogP contribution in [0.5, 0.6) is 0 Å². The van der Waals surface area contributed by atoms with Crippen LogP contribution in [0.25, 0.3) is 0 Å². The molecule has 1 amide bonds. The predicted octanol–water partition coefficient (Wildman–Crippen LogP) is -0.360. The van der Waals surface area contributed by atoms with E-state index in [9.17, 15) is 4.79 Å². The van der Waals surface area contributed by atoms with Crippen molar-refractivity contribution in [3.63, 3.8) is 0 Å². The topological polar surface area (TPSA) is 50.2 Å². The lowest BCUT2D eigenvalue weighted by molar-refractivity contribution is -0.129. The lowest BCUT2D eigenvalue weighted by Crippen LogP contribution is -2.33. The minimum absolute atomic E-state index is 0.123. The van der Waals surface area contributed by atoms with Crippen molar-refractivity contribution in [1.82, 2.24) is 20.0 Å². The van der Waals surface area contributed by atoms with E-state index in [0.717, 1.165) is 18.7 Å². The molecule has 5 heteroatoms. The number of hydrogen-bond acceptors (Lipinski definition) is 3. The number of nitrogens with zero attached hydrogens (tertiary/aromatic N) is 3. The molecule has 1 aromatic rings. The molecule has 0 spiro atoms. The number of amides is 1. The average molecular weight is 210 g/mol. The summed E-state index contributed by atoms with van der Waals surface area (Å²) < 4.78 is 1.70. The van der Waals surface area contributed by atoms with Crippen molar-refractivity contribution in [1.29, 1.82) is 0 Å². The van der Waals surface area contributed by atoms with E-state index >= 15 is 0 Å². The van der Waals surface area contributed by atoms with Gasteiger partial charge in [0.2, 0.25) is 5.91 Å². The van der Waals surface area contributed by atoms with Crippen LogP contribution in [0, 0.1) is 0 Å². The molecule has 0 aliphatic heterocycles. The van der Waals surface area contributed by atoms with Gasteiger partial charge in [0, 0.05) is 33.4 Å². The van der Waals surface area contributed by atoms with Crippen LogP contribution in [-0.4, -0.2) is 47.8 Å². The van der Waals surface area contributed by atoms with Gasteiger partial charge in [-0.25, -0.2) is 0 Å². The zero-order chi connectivity index (χ0) is 11.3. The number of nitrogens with one attached hydrogen (secondary N) is 1. The molecule has 0 aromatic carbocycles. The zero-order valence-corrected chi connectivity index (χ0v) is 9.53. The maximum absolute atomic E-state index is 11.7. The van der Waals surface area contributed by atoms with E-state index in [0.29, 0.717) is 6.42 Å². The molecular formula is C10H18N4O. The largest absolute Gasteiger partial charge is 0.344 e. The maximum atomic E-state index is 11.7. The van der Waals surface area contributed by atoms with Crippen molar-refractivity contribution < 1.29 is 4.79 Å². The zero-order valence-electron chi connectivity index (χ0n) is 9.53. The number of carbonyl (C=O) groups excluding carboxylic acids is 1. The van der Waals surface area contributed by atoms with Crippen LogP contribution in [0.3, 0.4) is 0 Å². The molecule has 0 radical (unpaired) electrons. The summed E-state index contributed by atoms with van der Waals surface area (Å²) in [5.74, 6) is 0.123. The predicted molar refractivity (Wildman–Crippen MR) is 58.5 cm³/mol. The smallest absolute Gasteiger partial charge is 0.226 e. The summed E-state index contributed by atoms with van der Waals surface area (Å²) in [4.78, 5) is 13.4. The van der Waals surface area contributed by atoms with Crippen LogP contribution in [-0.2, 0) is 18.3 Å². The lowest BCUT2D eigenvalue weighted by Gasteiger charge is -2.16. The summed E-state index contributed by atoms with van der Waals surface area (Å²) in [7, 11) is 5.54. The number of aromatic nitrogens is 2. The molecule has 1 N–H and O–H groups in total. The monoisotopic (exact) mass is 210 g/mol. The quantitative estimate of drug-likeness (QED) is 0.722. The molecule has 1 aromatic heterocycles. The van der Waals surface area contributed by atoms with E-state index in [4.69, 9.17) is 0 Å². The summed E-state index contributed by atoms with van der Waals surface area (Å²) in [5.41, 5.74) is 0.957. The van der Waals surface area contributed by atoms with Crippen LogP contribution in [0.4, 0.5) is 0 Å². The van der Waals surface area contributed by atoms with Gasteiger partial charge in [0.05, 0.1) is 12.6 Å². The molecule has 0 atom stereocenters. The Labute approximate surface area is 90.1 Å². The van der Waals surface area contributed by atoms with Gasteiger partial charge in [0.1, 0.15) is 0 Å². The second-order valence-corrected chi connectivity index (χ2v) is 3.62. The van der Waals surface area contributed by atoms with Crippen molar-refractivity contribution in [3.8, 4) is 0 Å². The van der Waals surface area contributed by atoms with Crippen molar-refractivity contribution in [3.05, 3.63) is 18.0 Å². The van der Waals surface area contributed by atoms with Crippen molar-refractivity contribution in [2.75, 3.05) is 27.2 Å². The molecule has 15 heavy (non-hydrogen) atoms. The molecule has 0 fully saturated rings. The van der Waals surface area contributed by atoms with Crippen molar-refractivity contribution in [2.24, 2.45) is 7.05 Å². The molecule has 0 bridgehead atoms. The Kier molecular flexibility index (Phi) is 4.30. The fourth-order valence-corrected chi connectivity index (χ4v) is 1.28. The van der Waals surface area contributed by atoms with E-state index in [2.05, 4.69) is 10.4 Å². The number of hydrogen-bond donors (Lipinski definition) is 1. The van der Waals surface area contributed by atoms with E-state index < -0.39 is 0 Å². The Hall–Kier alpha value is -1.36. The number of carbonyl (C=O) groups is 1. The third-order valence-electron chi connectivity index (χ3n) is 2.24. The Morgan fingerprint density at radius 2 is 2.40 bits per heavy atom. The highest BCUT2D eigenvalue weighted by Crippen LogP contribution is 2.00. The summed E-state index contributed by atoms with van der Waals surface area (Å²) in [6.07, 6.45) is 4.02. The van der Waals surface area contributed by atoms with Crippen molar-refractivity contribution >= 4 is 5.91 Å². The second-order valence-electron chi connectivity index (χ2n) is 3.62. The highest BCUT2D eigenvalue weighted by Gasteiger charge is 2.09. The summed E-state index contributed by atoms with van der Waals surface area (Å²) in [6.45, 7) is 1.55. The lowest BCUT2D eigenvalue weighted by atomic mass is 10.2. The standard InChI is InChI=1S/C10H18N4O/c1-11-4-5-13(2)10(15)6-9-7-12-14(3)8-9/h7-8,11H,4-6H2,1-3H3. The first-order valence-corrected chi connectivity index (χ1v) is 4.99. The highest BCUT2D eigenvalue weighted by atomic mass is 16.2. The first kappa shape index (κ1) is 11.7. The Morgan fingerprint density at radius 3 is 2.93 bits per heavy atom. The summed E-state index contributed by atoms with van der Waals surface area (Å²) >= 11 is 0. The normalized spacial score (nSPS) is 10.3. The fourth-order valence-electron chi connectivity index (χ4n) is 1.28. The van der Waals surface area contributed by atoms with Crippen molar-refractivity contribution in [2.45, 2.75) is 6.42 Å². The minimum atomic E-state index is 0.123. The van der Waals surface area contributed by atoms with Crippen LogP contribution in [0.1, 0.15) is 5.56 Å². The first-order chi connectivity index (χ1) is 7.13. The summed E-state index contributed by atoms with van der Waals surface area (Å²) in [5, 5.41) is 7.04. The number of rotatable bonds is 5. The fraction of sp³-hybridized carbons (Fsp3) is 0.600. The Balaban J connectivity index is 2.41. The van der Waals surface area contributed by atoms with Gasteiger partial charge in [0.25, 0.3) is 0 Å². The van der Waals surface area contributed by atoms with E-state index in [-0.39, 0.29) is 5.91 Å². The second kappa shape index (κ2) is 5.50. The van der Waals surface area contributed by atoms with Gasteiger partial charge in [-0.15, -0.1) is 0 Å². The highest BCUT2D eigenvalue weighted by molar-refractivity contribution is 5.78. The third-order valence-corrected chi connectivity index (χ3v) is 2.24. The molecule has 1 rings (SSSR count). The molecule has 0 saturated carbocycles. The molecule has 1 heterocycles. The summed E-state index contributed by atoms with van der Waals surface area (Å²) in [6, 6.07) is 0. The first-order valence-electron chi connectivity index (χ1n) is 4.99. The number of aryl methyl sites for hydroxylation is 1. The van der Waals surface area contributed by atoms with Crippen LogP contribution >= 0.6 is 0 Å². The van der Waals surface area contributed by atoms with E-state index in [1.54, 1.807) is 15.8 Å². The van der Waals surface area contributed by atoms with Crippen LogP contribution in [0.2, 0.25) is 0 Å². The molecule has 0 unspecified atom stereocenters. The van der Waals surface area contributed by atoms with Gasteiger partial charge in [0.15, 0.2) is 0 Å². The van der Waals surface area contributed by atoms with E-state index in [1.807, 2.05) is 27.3 Å². The molecule has 0 saturated heterocycles. The molecular weight excluding hydrogens is 192 g/mol. The number of likely N-dealkylation sites (N-methyl/N-ethyl adjacent to an activating group) is 2.